The van der Waals surface area contributed by atoms with Crippen molar-refractivity contribution in [3.63, 3.8) is 0 Å². The highest BCUT2D eigenvalue weighted by atomic mass is 32.2. The molecule has 0 heterocycles. The zero-order valence-electron chi connectivity index (χ0n) is 9.68. The second-order valence-corrected chi connectivity index (χ2v) is 3.48. The molecule has 0 aromatic heterocycles. The van der Waals surface area contributed by atoms with Gasteiger partial charge in [0.15, 0.2) is 0 Å². The highest BCUT2D eigenvalue weighted by Crippen LogP contribution is 2.21. The molecule has 0 N–H and O–H groups in total. The van der Waals surface area contributed by atoms with Crippen molar-refractivity contribution in [3.05, 3.63) is 29.3 Å². The normalized spacial score (nSPS) is 9.59. The molecule has 0 bridgehead atoms. The molecular formula is C11H12O5S. The maximum Gasteiger partial charge on any atom is 0.338 e. The first kappa shape index (κ1) is 13.4. The Kier molecular flexibility index (Phi) is 4.84. The van der Waals surface area contributed by atoms with Crippen LogP contribution in [0.25, 0.3) is 0 Å². The van der Waals surface area contributed by atoms with Crippen molar-refractivity contribution in [1.82, 2.24) is 0 Å². The molecule has 0 fully saturated rings. The molecule has 1 aromatic carbocycles. The van der Waals surface area contributed by atoms with Gasteiger partial charge in [0, 0.05) is 6.26 Å². The Morgan fingerprint density at radius 2 is 1.47 bits per heavy atom. The average Bonchev–Trinajstić information content (AvgIpc) is 2.36. The van der Waals surface area contributed by atoms with Gasteiger partial charge in [0.1, 0.15) is 5.75 Å². The van der Waals surface area contributed by atoms with Gasteiger partial charge in [-0.25, -0.2) is 9.59 Å². The van der Waals surface area contributed by atoms with Crippen LogP contribution in [0.5, 0.6) is 5.75 Å². The maximum absolute atomic E-state index is 11.4. The highest BCUT2D eigenvalue weighted by molar-refractivity contribution is 7.94. The maximum atomic E-state index is 11.4. The van der Waals surface area contributed by atoms with Crippen LogP contribution in [-0.4, -0.2) is 32.4 Å². The van der Waals surface area contributed by atoms with Gasteiger partial charge < -0.3 is 13.7 Å². The Hall–Kier alpha value is -1.69. The van der Waals surface area contributed by atoms with Crippen LogP contribution in [0.2, 0.25) is 0 Å². The van der Waals surface area contributed by atoms with Crippen molar-refractivity contribution in [3.8, 4) is 5.75 Å². The molecule has 0 aliphatic heterocycles. The van der Waals surface area contributed by atoms with E-state index in [0.717, 1.165) is 12.0 Å². The van der Waals surface area contributed by atoms with Gasteiger partial charge in [0.2, 0.25) is 0 Å². The summed E-state index contributed by atoms with van der Waals surface area (Å²) in [6.07, 6.45) is 1.72. The van der Waals surface area contributed by atoms with Crippen LogP contribution in [0.3, 0.4) is 0 Å². The SMILES string of the molecule is COC(=O)c1cc(OSC)cc(C(=O)OC)c1. The summed E-state index contributed by atoms with van der Waals surface area (Å²) in [7, 11) is 2.53. The number of ether oxygens (including phenoxy) is 2. The van der Waals surface area contributed by atoms with Crippen LogP contribution in [0.15, 0.2) is 18.2 Å². The number of benzene rings is 1. The summed E-state index contributed by atoms with van der Waals surface area (Å²) in [4.78, 5) is 22.8. The molecule has 0 atom stereocenters. The Morgan fingerprint density at radius 3 is 1.82 bits per heavy atom. The fourth-order valence-electron chi connectivity index (χ4n) is 1.21. The number of rotatable bonds is 4. The van der Waals surface area contributed by atoms with E-state index < -0.39 is 11.9 Å². The third kappa shape index (κ3) is 3.39. The van der Waals surface area contributed by atoms with Gasteiger partial charge >= 0.3 is 11.9 Å². The van der Waals surface area contributed by atoms with E-state index in [1.807, 2.05) is 0 Å². The van der Waals surface area contributed by atoms with Crippen molar-refractivity contribution in [1.29, 1.82) is 0 Å². The molecule has 0 radical (unpaired) electrons. The minimum absolute atomic E-state index is 0.236. The largest absolute Gasteiger partial charge is 0.465 e. The zero-order valence-corrected chi connectivity index (χ0v) is 10.5. The third-order valence-electron chi connectivity index (χ3n) is 1.93. The second kappa shape index (κ2) is 6.15. The Morgan fingerprint density at radius 1 is 1.00 bits per heavy atom. The molecule has 0 spiro atoms. The molecule has 17 heavy (non-hydrogen) atoms. The van der Waals surface area contributed by atoms with Crippen molar-refractivity contribution < 1.29 is 23.2 Å². The summed E-state index contributed by atoms with van der Waals surface area (Å²) in [6, 6.07) is 4.38. The lowest BCUT2D eigenvalue weighted by atomic mass is 10.1. The fourth-order valence-corrected chi connectivity index (χ4v) is 1.50. The van der Waals surface area contributed by atoms with Crippen molar-refractivity contribution in [2.75, 3.05) is 20.5 Å². The predicted molar refractivity (Wildman–Crippen MR) is 63.3 cm³/mol. The molecule has 0 aliphatic carbocycles. The molecule has 92 valence electrons. The van der Waals surface area contributed by atoms with Gasteiger partial charge in [-0.3, -0.25) is 0 Å². The number of methoxy groups -OCH3 is 2. The van der Waals surface area contributed by atoms with E-state index in [1.54, 1.807) is 6.26 Å². The number of hydrogen-bond donors (Lipinski definition) is 0. The van der Waals surface area contributed by atoms with E-state index >= 15 is 0 Å². The number of esters is 2. The highest BCUT2D eigenvalue weighted by Gasteiger charge is 2.14. The molecule has 1 aromatic rings. The standard InChI is InChI=1S/C11H12O5S/c1-14-10(12)7-4-8(11(13)15-2)6-9(5-7)16-17-3/h4-6H,1-3H3. The summed E-state index contributed by atoms with van der Waals surface area (Å²) < 4.78 is 14.3. The molecule has 6 heteroatoms. The van der Waals surface area contributed by atoms with Gasteiger partial charge in [-0.1, -0.05) is 0 Å². The van der Waals surface area contributed by atoms with E-state index in [4.69, 9.17) is 4.18 Å². The summed E-state index contributed by atoms with van der Waals surface area (Å²) in [5, 5.41) is 0. The lowest BCUT2D eigenvalue weighted by Crippen LogP contribution is -2.06. The summed E-state index contributed by atoms with van der Waals surface area (Å²) in [5.74, 6) is -0.691. The van der Waals surface area contributed by atoms with E-state index in [1.165, 1.54) is 32.4 Å². The monoisotopic (exact) mass is 256 g/mol. The van der Waals surface area contributed by atoms with Gasteiger partial charge in [0.25, 0.3) is 0 Å². The summed E-state index contributed by atoms with van der Waals surface area (Å²) >= 11 is 1.11. The summed E-state index contributed by atoms with van der Waals surface area (Å²) in [6.45, 7) is 0. The quantitative estimate of drug-likeness (QED) is 0.606. The van der Waals surface area contributed by atoms with Crippen molar-refractivity contribution in [2.24, 2.45) is 0 Å². The first-order valence-corrected chi connectivity index (χ1v) is 5.79. The molecule has 0 unspecified atom stereocenters. The van der Waals surface area contributed by atoms with Crippen LogP contribution >= 0.6 is 12.0 Å². The van der Waals surface area contributed by atoms with E-state index in [-0.39, 0.29) is 11.1 Å². The Balaban J connectivity index is 3.18. The van der Waals surface area contributed by atoms with Crippen LogP contribution in [0.1, 0.15) is 20.7 Å². The Bertz CT molecular complexity index is 396. The predicted octanol–water partition coefficient (Wildman–Crippen LogP) is 1.92. The minimum Gasteiger partial charge on any atom is -0.465 e. The number of carbonyl (C=O) groups is 2. The van der Waals surface area contributed by atoms with E-state index in [0.29, 0.717) is 5.75 Å². The van der Waals surface area contributed by atoms with Gasteiger partial charge in [-0.05, 0) is 18.2 Å². The minimum atomic E-state index is -0.540. The third-order valence-corrected chi connectivity index (χ3v) is 2.29. The van der Waals surface area contributed by atoms with Gasteiger partial charge in [0.05, 0.1) is 37.4 Å². The van der Waals surface area contributed by atoms with Crippen LogP contribution in [0.4, 0.5) is 0 Å². The molecule has 0 saturated carbocycles. The first-order chi connectivity index (χ1) is 8.12. The number of hydrogen-bond acceptors (Lipinski definition) is 6. The lowest BCUT2D eigenvalue weighted by molar-refractivity contribution is 0.0599. The second-order valence-electron chi connectivity index (χ2n) is 2.98. The zero-order chi connectivity index (χ0) is 12.8. The molecule has 5 nitrogen and oxygen atoms in total. The first-order valence-electron chi connectivity index (χ1n) is 4.64. The van der Waals surface area contributed by atoms with Gasteiger partial charge in [-0.2, -0.15) is 0 Å². The molecule has 0 saturated heterocycles. The average molecular weight is 256 g/mol. The van der Waals surface area contributed by atoms with Crippen LogP contribution in [0, 0.1) is 0 Å². The molecule has 1 rings (SSSR count). The van der Waals surface area contributed by atoms with Crippen LogP contribution < -0.4 is 4.18 Å². The Labute approximate surface area is 103 Å². The van der Waals surface area contributed by atoms with E-state index in [9.17, 15) is 9.59 Å². The van der Waals surface area contributed by atoms with E-state index in [2.05, 4.69) is 9.47 Å². The molecule has 0 amide bonds. The van der Waals surface area contributed by atoms with Crippen LogP contribution in [-0.2, 0) is 9.47 Å². The molecule has 0 aliphatic rings. The van der Waals surface area contributed by atoms with Crippen molar-refractivity contribution >= 4 is 24.0 Å². The fraction of sp³-hybridized carbons (Fsp3) is 0.273. The smallest absolute Gasteiger partial charge is 0.338 e. The van der Waals surface area contributed by atoms with Crippen molar-refractivity contribution in [2.45, 2.75) is 0 Å². The molecular weight excluding hydrogens is 244 g/mol. The topological polar surface area (TPSA) is 61.8 Å². The summed E-state index contributed by atoms with van der Waals surface area (Å²) in [5.41, 5.74) is 0.471. The van der Waals surface area contributed by atoms with Gasteiger partial charge in [-0.15, -0.1) is 0 Å². The lowest BCUT2D eigenvalue weighted by Gasteiger charge is -2.07. The number of carbonyl (C=O) groups excluding carboxylic acids is 2.